The van der Waals surface area contributed by atoms with E-state index in [1.807, 2.05) is 0 Å². The Bertz CT molecular complexity index is 822. The Hall–Kier alpha value is -1.56. The Balaban J connectivity index is 1.37. The van der Waals surface area contributed by atoms with Gasteiger partial charge < -0.3 is 14.8 Å². The number of nitrogens with one attached hydrogen (secondary N) is 1. The molecule has 6 heteroatoms. The molecule has 0 spiro atoms. The summed E-state index contributed by atoms with van der Waals surface area (Å²) in [5.41, 5.74) is 1.09. The van der Waals surface area contributed by atoms with E-state index in [0.717, 1.165) is 31.1 Å². The molecule has 1 aromatic rings. The molecule has 4 saturated carbocycles. The van der Waals surface area contributed by atoms with E-state index in [1.54, 1.807) is 12.1 Å². The number of rotatable bonds is 4. The molecule has 2 atom stereocenters. The first kappa shape index (κ1) is 17.5. The quantitative estimate of drug-likeness (QED) is 0.552. The van der Waals surface area contributed by atoms with E-state index in [1.165, 1.54) is 26.2 Å². The summed E-state index contributed by atoms with van der Waals surface area (Å²) in [4.78, 5) is 25.0. The molecule has 144 valence electrons. The highest BCUT2D eigenvalue weighted by atomic mass is 79.9. The van der Waals surface area contributed by atoms with Crippen LogP contribution >= 0.6 is 15.9 Å². The molecule has 6 rings (SSSR count). The third-order valence-electron chi connectivity index (χ3n) is 6.81. The number of ketones is 1. The van der Waals surface area contributed by atoms with E-state index in [0.29, 0.717) is 29.2 Å². The Morgan fingerprint density at radius 3 is 2.44 bits per heavy atom. The number of benzene rings is 1. The van der Waals surface area contributed by atoms with Crippen LogP contribution < -0.4 is 14.8 Å². The zero-order valence-electron chi connectivity index (χ0n) is 15.5. The Kier molecular flexibility index (Phi) is 3.87. The molecule has 1 aliphatic heterocycles. The van der Waals surface area contributed by atoms with Gasteiger partial charge in [-0.1, -0.05) is 15.9 Å². The number of alkyl halides is 1. The number of fused-ring (bicyclic) bond motifs is 1. The van der Waals surface area contributed by atoms with Crippen molar-refractivity contribution in [2.45, 2.75) is 56.2 Å². The lowest BCUT2D eigenvalue weighted by atomic mass is 9.48. The summed E-state index contributed by atoms with van der Waals surface area (Å²) in [5.74, 6) is 2.52. The van der Waals surface area contributed by atoms with Gasteiger partial charge in [0.05, 0.1) is 5.69 Å². The summed E-state index contributed by atoms with van der Waals surface area (Å²) in [6.45, 7) is 1.64. The van der Waals surface area contributed by atoms with Gasteiger partial charge in [-0.05, 0) is 68.8 Å². The highest BCUT2D eigenvalue weighted by molar-refractivity contribution is 9.10. The second-order valence-corrected chi connectivity index (χ2v) is 10.8. The van der Waals surface area contributed by atoms with Gasteiger partial charge in [0, 0.05) is 22.4 Å². The predicted octanol–water partition coefficient (Wildman–Crippen LogP) is 4.68. The van der Waals surface area contributed by atoms with Crippen LogP contribution in [0.5, 0.6) is 11.5 Å². The Labute approximate surface area is 167 Å². The number of amides is 1. The topological polar surface area (TPSA) is 64.6 Å². The molecule has 1 N–H and O–H groups in total. The van der Waals surface area contributed by atoms with Gasteiger partial charge >= 0.3 is 0 Å². The van der Waals surface area contributed by atoms with E-state index in [-0.39, 0.29) is 28.2 Å². The van der Waals surface area contributed by atoms with Crippen molar-refractivity contribution in [3.05, 3.63) is 17.7 Å². The molecule has 27 heavy (non-hydrogen) atoms. The molecule has 4 fully saturated rings. The van der Waals surface area contributed by atoms with Crippen LogP contribution in [0.15, 0.2) is 12.1 Å². The standard InChI is InChI=1S/C21H24BrNO4/c1-12(24)15-3-17-18(27-11-26-17)4-16(15)23-19(25)9-20-5-13-2-14(6-20)8-21(22,7-13)10-20/h3-4,13-14H,2,5-11H2,1H3,(H,23,25)/t13-,14-,20?,21?/m1/s1. The number of halogens is 1. The second-order valence-electron chi connectivity index (χ2n) is 9.14. The van der Waals surface area contributed by atoms with E-state index >= 15 is 0 Å². The molecule has 1 heterocycles. The maximum absolute atomic E-state index is 13.0. The molecule has 0 unspecified atom stereocenters. The summed E-state index contributed by atoms with van der Waals surface area (Å²) in [5, 5.41) is 3.00. The van der Waals surface area contributed by atoms with Gasteiger partial charge in [-0.2, -0.15) is 0 Å². The number of Topliss-reactive ketones (excluding diaryl/α,β-unsaturated/α-hetero) is 1. The number of hydrogen-bond donors (Lipinski definition) is 1. The molecule has 4 bridgehead atoms. The van der Waals surface area contributed by atoms with Crippen LogP contribution in [-0.2, 0) is 4.79 Å². The molecular weight excluding hydrogens is 410 g/mol. The first-order chi connectivity index (χ1) is 12.8. The van der Waals surface area contributed by atoms with Crippen LogP contribution in [0.3, 0.4) is 0 Å². The largest absolute Gasteiger partial charge is 0.454 e. The van der Waals surface area contributed by atoms with Crippen molar-refractivity contribution in [3.8, 4) is 11.5 Å². The molecule has 1 aromatic carbocycles. The second kappa shape index (κ2) is 5.97. The monoisotopic (exact) mass is 433 g/mol. The zero-order valence-corrected chi connectivity index (χ0v) is 17.1. The average Bonchev–Trinajstić information content (AvgIpc) is 2.98. The van der Waals surface area contributed by atoms with Crippen LogP contribution in [0.2, 0.25) is 0 Å². The fourth-order valence-corrected chi connectivity index (χ4v) is 7.92. The fraction of sp³-hybridized carbons (Fsp3) is 0.619. The van der Waals surface area contributed by atoms with E-state index in [2.05, 4.69) is 21.2 Å². The SMILES string of the molecule is CC(=O)c1cc2c(cc1NC(=O)CC13C[C@H]4C[C@@H](CC(Br)(C4)C1)C3)OCO2. The molecule has 0 saturated heterocycles. The van der Waals surface area contributed by atoms with Gasteiger partial charge in [0.25, 0.3) is 0 Å². The number of carbonyl (C=O) groups excluding carboxylic acids is 2. The lowest BCUT2D eigenvalue weighted by Gasteiger charge is -2.60. The lowest BCUT2D eigenvalue weighted by molar-refractivity contribution is -0.123. The maximum Gasteiger partial charge on any atom is 0.231 e. The van der Waals surface area contributed by atoms with Crippen LogP contribution in [0.1, 0.15) is 62.2 Å². The highest BCUT2D eigenvalue weighted by Crippen LogP contribution is 2.65. The summed E-state index contributed by atoms with van der Waals surface area (Å²) < 4.78 is 11.0. The lowest BCUT2D eigenvalue weighted by Crippen LogP contribution is -2.53. The van der Waals surface area contributed by atoms with E-state index in [9.17, 15) is 9.59 Å². The third-order valence-corrected chi connectivity index (χ3v) is 7.74. The minimum absolute atomic E-state index is 0.00517. The molecule has 1 amide bonds. The van der Waals surface area contributed by atoms with Gasteiger partial charge in [-0.15, -0.1) is 0 Å². The highest BCUT2D eigenvalue weighted by Gasteiger charge is 2.57. The number of hydrogen-bond acceptors (Lipinski definition) is 4. The van der Waals surface area contributed by atoms with Gasteiger partial charge in [-0.25, -0.2) is 0 Å². The molecule has 5 aliphatic rings. The van der Waals surface area contributed by atoms with Crippen LogP contribution in [-0.4, -0.2) is 22.8 Å². The molecule has 5 nitrogen and oxygen atoms in total. The fourth-order valence-electron chi connectivity index (χ4n) is 6.41. The number of anilines is 1. The Morgan fingerprint density at radius 2 is 1.81 bits per heavy atom. The van der Waals surface area contributed by atoms with Crippen molar-refractivity contribution in [2.24, 2.45) is 17.3 Å². The van der Waals surface area contributed by atoms with Gasteiger partial charge in [-0.3, -0.25) is 9.59 Å². The van der Waals surface area contributed by atoms with Crippen molar-refractivity contribution >= 4 is 33.3 Å². The van der Waals surface area contributed by atoms with Crippen molar-refractivity contribution in [1.82, 2.24) is 0 Å². The summed E-state index contributed by atoms with van der Waals surface area (Å²) >= 11 is 4.01. The first-order valence-electron chi connectivity index (χ1n) is 9.77. The number of ether oxygens (including phenoxy) is 2. The average molecular weight is 434 g/mol. The zero-order chi connectivity index (χ0) is 18.8. The van der Waals surface area contributed by atoms with Crippen LogP contribution in [0, 0.1) is 17.3 Å². The molecular formula is C21H24BrNO4. The normalized spacial score (nSPS) is 35.3. The van der Waals surface area contributed by atoms with Crippen molar-refractivity contribution < 1.29 is 19.1 Å². The van der Waals surface area contributed by atoms with Crippen molar-refractivity contribution in [3.63, 3.8) is 0 Å². The van der Waals surface area contributed by atoms with Crippen molar-refractivity contribution in [1.29, 1.82) is 0 Å². The van der Waals surface area contributed by atoms with E-state index in [4.69, 9.17) is 9.47 Å². The maximum atomic E-state index is 13.0. The smallest absolute Gasteiger partial charge is 0.231 e. The van der Waals surface area contributed by atoms with Gasteiger partial charge in [0.1, 0.15) is 0 Å². The molecule has 4 aliphatic carbocycles. The Morgan fingerprint density at radius 1 is 1.15 bits per heavy atom. The minimum Gasteiger partial charge on any atom is -0.454 e. The van der Waals surface area contributed by atoms with Crippen LogP contribution in [0.4, 0.5) is 5.69 Å². The predicted molar refractivity (Wildman–Crippen MR) is 105 cm³/mol. The van der Waals surface area contributed by atoms with E-state index < -0.39 is 0 Å². The van der Waals surface area contributed by atoms with Crippen LogP contribution in [0.25, 0.3) is 0 Å². The summed E-state index contributed by atoms with van der Waals surface area (Å²) in [6, 6.07) is 3.38. The number of carbonyl (C=O) groups is 2. The third kappa shape index (κ3) is 3.06. The molecule has 0 radical (unpaired) electrons. The summed E-state index contributed by atoms with van der Waals surface area (Å²) in [7, 11) is 0. The minimum atomic E-state index is -0.0992. The first-order valence-corrected chi connectivity index (χ1v) is 10.6. The van der Waals surface area contributed by atoms with Crippen molar-refractivity contribution in [2.75, 3.05) is 12.1 Å². The van der Waals surface area contributed by atoms with Gasteiger partial charge in [0.15, 0.2) is 17.3 Å². The van der Waals surface area contributed by atoms with Gasteiger partial charge in [0.2, 0.25) is 12.7 Å². The molecule has 0 aromatic heterocycles. The summed E-state index contributed by atoms with van der Waals surface area (Å²) in [6.07, 6.45) is 7.76.